The Kier molecular flexibility index (Phi) is 4.47. The Labute approximate surface area is 116 Å². The highest BCUT2D eigenvalue weighted by molar-refractivity contribution is 6.30. The number of hydrogen-bond donors (Lipinski definition) is 1. The van der Waals surface area contributed by atoms with Crippen molar-refractivity contribution in [2.24, 2.45) is 5.92 Å². The number of halogens is 1. The van der Waals surface area contributed by atoms with E-state index in [4.69, 9.17) is 16.3 Å². The smallest absolute Gasteiger partial charge is 0.329 e. The summed E-state index contributed by atoms with van der Waals surface area (Å²) < 4.78 is 6.72. The Morgan fingerprint density at radius 2 is 2.21 bits per heavy atom. The molecule has 0 aromatic carbocycles. The molecule has 1 aromatic rings. The van der Waals surface area contributed by atoms with Crippen LogP contribution in [0.5, 0.6) is 0 Å². The van der Waals surface area contributed by atoms with Gasteiger partial charge in [0.15, 0.2) is 0 Å². The number of hydrogen-bond acceptors (Lipinski definition) is 3. The van der Waals surface area contributed by atoms with Gasteiger partial charge >= 0.3 is 5.69 Å². The van der Waals surface area contributed by atoms with Crippen molar-refractivity contribution in [3.05, 3.63) is 31.6 Å². The van der Waals surface area contributed by atoms with Crippen LogP contribution >= 0.6 is 11.6 Å². The van der Waals surface area contributed by atoms with Crippen molar-refractivity contribution in [3.8, 4) is 0 Å². The largest absolute Gasteiger partial charge is 0.378 e. The number of aromatic nitrogens is 2. The van der Waals surface area contributed by atoms with Crippen LogP contribution in [-0.2, 0) is 17.7 Å². The summed E-state index contributed by atoms with van der Waals surface area (Å²) in [5.74, 6) is 0.203. The highest BCUT2D eigenvalue weighted by Gasteiger charge is 2.26. The van der Waals surface area contributed by atoms with Gasteiger partial charge < -0.3 is 4.74 Å². The van der Waals surface area contributed by atoms with Crippen LogP contribution < -0.4 is 11.2 Å². The molecule has 1 aliphatic heterocycles. The molecule has 1 fully saturated rings. The number of nitrogens with zero attached hydrogens (tertiary/aromatic N) is 1. The average Bonchev–Trinajstić information content (AvgIpc) is 2.76. The third-order valence-electron chi connectivity index (χ3n) is 3.68. The lowest BCUT2D eigenvalue weighted by atomic mass is 10.0. The van der Waals surface area contributed by atoms with Crippen LogP contribution in [0, 0.1) is 5.92 Å². The van der Waals surface area contributed by atoms with Gasteiger partial charge in [-0.25, -0.2) is 4.79 Å². The molecule has 0 aliphatic carbocycles. The normalized spacial score (nSPS) is 22.9. The van der Waals surface area contributed by atoms with Gasteiger partial charge in [0.2, 0.25) is 0 Å². The van der Waals surface area contributed by atoms with Crippen LogP contribution in [-0.4, -0.2) is 22.3 Å². The predicted molar refractivity (Wildman–Crippen MR) is 73.8 cm³/mol. The fourth-order valence-electron chi connectivity index (χ4n) is 2.47. The molecule has 1 aromatic heterocycles. The minimum atomic E-state index is -0.436. The molecule has 6 heteroatoms. The first-order valence-corrected chi connectivity index (χ1v) is 7.05. The zero-order valence-electron chi connectivity index (χ0n) is 11.2. The number of rotatable bonds is 4. The van der Waals surface area contributed by atoms with E-state index in [1.54, 1.807) is 0 Å². The van der Waals surface area contributed by atoms with Crippen LogP contribution in [0.2, 0.25) is 5.15 Å². The van der Waals surface area contributed by atoms with Crippen LogP contribution in [0.15, 0.2) is 9.59 Å². The molecule has 0 saturated carbocycles. The Bertz CT molecular complexity index is 564. The summed E-state index contributed by atoms with van der Waals surface area (Å²) in [6, 6.07) is 0. The second-order valence-electron chi connectivity index (χ2n) is 5.01. The first-order chi connectivity index (χ1) is 9.04. The van der Waals surface area contributed by atoms with Crippen molar-refractivity contribution in [1.29, 1.82) is 0 Å². The van der Waals surface area contributed by atoms with Gasteiger partial charge in [0.05, 0.1) is 11.7 Å². The van der Waals surface area contributed by atoms with E-state index < -0.39 is 5.69 Å². The van der Waals surface area contributed by atoms with E-state index in [-0.39, 0.29) is 22.7 Å². The Balaban J connectivity index is 2.37. The van der Waals surface area contributed by atoms with Crippen LogP contribution in [0.3, 0.4) is 0 Å². The van der Waals surface area contributed by atoms with Crippen molar-refractivity contribution < 1.29 is 4.74 Å². The summed E-state index contributed by atoms with van der Waals surface area (Å²) >= 11 is 5.94. The van der Waals surface area contributed by atoms with Gasteiger partial charge in [0.25, 0.3) is 5.56 Å². The molecular formula is C13H19ClN2O3. The molecule has 1 saturated heterocycles. The van der Waals surface area contributed by atoms with E-state index in [1.165, 1.54) is 4.57 Å². The van der Waals surface area contributed by atoms with E-state index in [0.717, 1.165) is 12.8 Å². The Morgan fingerprint density at radius 1 is 1.47 bits per heavy atom. The van der Waals surface area contributed by atoms with Gasteiger partial charge in [-0.15, -0.1) is 0 Å². The molecule has 5 nitrogen and oxygen atoms in total. The fraction of sp³-hybridized carbons (Fsp3) is 0.692. The summed E-state index contributed by atoms with van der Waals surface area (Å²) in [4.78, 5) is 26.8. The van der Waals surface area contributed by atoms with E-state index in [2.05, 4.69) is 4.98 Å². The van der Waals surface area contributed by atoms with Crippen molar-refractivity contribution in [1.82, 2.24) is 9.55 Å². The van der Waals surface area contributed by atoms with Crippen molar-refractivity contribution >= 4 is 11.6 Å². The second-order valence-corrected chi connectivity index (χ2v) is 5.39. The van der Waals surface area contributed by atoms with E-state index >= 15 is 0 Å². The highest BCUT2D eigenvalue weighted by atomic mass is 35.5. The summed E-state index contributed by atoms with van der Waals surface area (Å²) in [7, 11) is 0. The van der Waals surface area contributed by atoms with Gasteiger partial charge in [0.1, 0.15) is 5.15 Å². The maximum absolute atomic E-state index is 12.3. The summed E-state index contributed by atoms with van der Waals surface area (Å²) in [5, 5.41) is 0.170. The van der Waals surface area contributed by atoms with E-state index in [1.807, 2.05) is 13.8 Å². The maximum Gasteiger partial charge on any atom is 0.329 e. The number of H-pyrrole nitrogens is 1. The van der Waals surface area contributed by atoms with Crippen molar-refractivity contribution in [3.63, 3.8) is 0 Å². The topological polar surface area (TPSA) is 64.1 Å². The van der Waals surface area contributed by atoms with Gasteiger partial charge in [0, 0.05) is 19.1 Å². The molecule has 0 bridgehead atoms. The molecular weight excluding hydrogens is 268 g/mol. The zero-order chi connectivity index (χ0) is 14.0. The monoisotopic (exact) mass is 286 g/mol. The standard InChI is InChI=1S/C13H19ClN2O3/c1-3-4-10-11(14)15-13(18)16(12(10)17)7-9-5-6-19-8(9)2/h8-9H,3-7H2,1-2H3,(H,15,18). The van der Waals surface area contributed by atoms with Crippen LogP contribution in [0.25, 0.3) is 0 Å². The molecule has 1 aliphatic rings. The molecule has 106 valence electrons. The van der Waals surface area contributed by atoms with Crippen molar-refractivity contribution in [2.75, 3.05) is 6.61 Å². The van der Waals surface area contributed by atoms with Crippen LogP contribution in [0.1, 0.15) is 32.3 Å². The first-order valence-electron chi connectivity index (χ1n) is 6.67. The lowest BCUT2D eigenvalue weighted by molar-refractivity contribution is 0.101. The van der Waals surface area contributed by atoms with Gasteiger partial charge in [-0.2, -0.15) is 0 Å². The lowest BCUT2D eigenvalue weighted by Crippen LogP contribution is -2.40. The van der Waals surface area contributed by atoms with Gasteiger partial charge in [-0.1, -0.05) is 24.9 Å². The third-order valence-corrected chi connectivity index (χ3v) is 4.00. The minimum absolute atomic E-state index is 0.0802. The zero-order valence-corrected chi connectivity index (χ0v) is 12.0. The molecule has 2 rings (SSSR count). The molecule has 0 radical (unpaired) electrons. The minimum Gasteiger partial charge on any atom is -0.378 e. The summed E-state index contributed by atoms with van der Waals surface area (Å²) in [6.07, 6.45) is 2.34. The van der Waals surface area contributed by atoms with Crippen molar-refractivity contribution in [2.45, 2.75) is 45.8 Å². The summed E-state index contributed by atoms with van der Waals surface area (Å²) in [5.41, 5.74) is -0.209. The quantitative estimate of drug-likeness (QED) is 0.855. The fourth-order valence-corrected chi connectivity index (χ4v) is 2.72. The number of aromatic amines is 1. The second kappa shape index (κ2) is 5.92. The average molecular weight is 287 g/mol. The summed E-state index contributed by atoms with van der Waals surface area (Å²) in [6.45, 7) is 5.02. The number of nitrogens with one attached hydrogen (secondary N) is 1. The van der Waals surface area contributed by atoms with E-state index in [0.29, 0.717) is 25.1 Å². The van der Waals surface area contributed by atoms with Crippen LogP contribution in [0.4, 0.5) is 0 Å². The maximum atomic E-state index is 12.3. The Morgan fingerprint density at radius 3 is 2.79 bits per heavy atom. The molecule has 2 atom stereocenters. The molecule has 19 heavy (non-hydrogen) atoms. The molecule has 2 heterocycles. The number of ether oxygens (including phenoxy) is 1. The molecule has 0 spiro atoms. The third kappa shape index (κ3) is 2.92. The molecule has 0 amide bonds. The SMILES string of the molecule is CCCc1c(Cl)[nH]c(=O)n(CC2CCOC2C)c1=O. The predicted octanol–water partition coefficient (Wildman–Crippen LogP) is 1.57. The first kappa shape index (κ1) is 14.3. The van der Waals surface area contributed by atoms with Gasteiger partial charge in [-0.05, 0) is 19.8 Å². The molecule has 1 N–H and O–H groups in total. The van der Waals surface area contributed by atoms with E-state index in [9.17, 15) is 9.59 Å². The lowest BCUT2D eigenvalue weighted by Gasteiger charge is -2.15. The highest BCUT2D eigenvalue weighted by Crippen LogP contribution is 2.21. The van der Waals surface area contributed by atoms with Gasteiger partial charge in [-0.3, -0.25) is 14.3 Å². The Hall–Kier alpha value is -1.07. The molecule has 2 unspecified atom stereocenters.